The van der Waals surface area contributed by atoms with Crippen molar-refractivity contribution in [2.24, 2.45) is 10.2 Å². The summed E-state index contributed by atoms with van der Waals surface area (Å²) in [7, 11) is 0. The fourth-order valence-corrected chi connectivity index (χ4v) is 2.35. The van der Waals surface area contributed by atoms with E-state index >= 15 is 0 Å². The van der Waals surface area contributed by atoms with E-state index < -0.39 is 0 Å². The van der Waals surface area contributed by atoms with Crippen LogP contribution >= 0.6 is 0 Å². The minimum absolute atomic E-state index is 0.336. The van der Waals surface area contributed by atoms with Crippen LogP contribution in [0, 0.1) is 0 Å². The molecule has 0 radical (unpaired) electrons. The molecular formula is C22H18N4O2. The van der Waals surface area contributed by atoms with Crippen LogP contribution in [0.25, 0.3) is 0 Å². The van der Waals surface area contributed by atoms with Crippen LogP contribution in [0.5, 0.6) is 0 Å². The maximum absolute atomic E-state index is 12.2. The number of nitrogens with zero attached hydrogens (tertiary/aromatic N) is 2. The topological polar surface area (TPSA) is 82.9 Å². The lowest BCUT2D eigenvalue weighted by Gasteiger charge is -2.04. The standard InChI is InChI=1S/C22H18N4O2/c27-21(18-12-6-2-7-13-18)25-23-16-20(17-10-4-1-5-11-17)24-26-22(28)19-14-8-3-9-15-19/h1-16H,(H,25,27)(H,26,28)/b23-16+,24-20+. The van der Waals surface area contributed by atoms with Crippen molar-refractivity contribution in [3.05, 3.63) is 108 Å². The molecule has 0 unspecified atom stereocenters. The highest BCUT2D eigenvalue weighted by atomic mass is 16.2. The second-order valence-electron chi connectivity index (χ2n) is 5.74. The van der Waals surface area contributed by atoms with Gasteiger partial charge in [-0.05, 0) is 24.3 Å². The van der Waals surface area contributed by atoms with Gasteiger partial charge >= 0.3 is 0 Å². The molecule has 0 spiro atoms. The molecule has 0 atom stereocenters. The number of amides is 2. The molecular weight excluding hydrogens is 352 g/mol. The highest BCUT2D eigenvalue weighted by molar-refractivity contribution is 6.38. The lowest BCUT2D eigenvalue weighted by Crippen LogP contribution is -2.22. The van der Waals surface area contributed by atoms with Crippen LogP contribution in [0.1, 0.15) is 26.3 Å². The average molecular weight is 370 g/mol. The third-order valence-electron chi connectivity index (χ3n) is 3.77. The molecule has 0 aliphatic heterocycles. The van der Waals surface area contributed by atoms with Crippen LogP contribution in [0.3, 0.4) is 0 Å². The van der Waals surface area contributed by atoms with Crippen molar-refractivity contribution in [3.63, 3.8) is 0 Å². The molecule has 0 aromatic heterocycles. The minimum atomic E-state index is -0.337. The number of carbonyl (C=O) groups excluding carboxylic acids is 2. The van der Waals surface area contributed by atoms with Crippen LogP contribution in [0.2, 0.25) is 0 Å². The fourth-order valence-electron chi connectivity index (χ4n) is 2.35. The second kappa shape index (κ2) is 9.59. The molecule has 3 rings (SSSR count). The van der Waals surface area contributed by atoms with Gasteiger partial charge in [0, 0.05) is 16.7 Å². The van der Waals surface area contributed by atoms with Gasteiger partial charge in [-0.25, -0.2) is 10.9 Å². The van der Waals surface area contributed by atoms with E-state index in [-0.39, 0.29) is 11.8 Å². The van der Waals surface area contributed by atoms with Crippen molar-refractivity contribution >= 4 is 23.7 Å². The van der Waals surface area contributed by atoms with Gasteiger partial charge in [-0.3, -0.25) is 9.59 Å². The van der Waals surface area contributed by atoms with E-state index in [4.69, 9.17) is 0 Å². The zero-order valence-corrected chi connectivity index (χ0v) is 14.9. The van der Waals surface area contributed by atoms with Crippen LogP contribution in [-0.4, -0.2) is 23.7 Å². The van der Waals surface area contributed by atoms with Crippen molar-refractivity contribution in [2.45, 2.75) is 0 Å². The van der Waals surface area contributed by atoms with Crippen molar-refractivity contribution < 1.29 is 9.59 Å². The van der Waals surface area contributed by atoms with E-state index in [0.29, 0.717) is 16.8 Å². The molecule has 2 amide bonds. The summed E-state index contributed by atoms with van der Waals surface area (Å²) >= 11 is 0. The first-order valence-corrected chi connectivity index (χ1v) is 8.61. The Hall–Kier alpha value is -4.06. The normalized spacial score (nSPS) is 11.2. The maximum Gasteiger partial charge on any atom is 0.271 e. The van der Waals surface area contributed by atoms with Gasteiger partial charge < -0.3 is 0 Å². The summed E-state index contributed by atoms with van der Waals surface area (Å²) in [5.41, 5.74) is 7.10. The Morgan fingerprint density at radius 1 is 0.607 bits per heavy atom. The average Bonchev–Trinajstić information content (AvgIpc) is 2.77. The molecule has 0 heterocycles. The first-order chi connectivity index (χ1) is 13.7. The number of benzene rings is 3. The fraction of sp³-hybridized carbons (Fsp3) is 0. The molecule has 0 saturated heterocycles. The Morgan fingerprint density at radius 2 is 1.04 bits per heavy atom. The first-order valence-electron chi connectivity index (χ1n) is 8.61. The lowest BCUT2D eigenvalue weighted by atomic mass is 10.1. The van der Waals surface area contributed by atoms with Gasteiger partial charge in [-0.1, -0.05) is 66.7 Å². The van der Waals surface area contributed by atoms with Crippen molar-refractivity contribution in [1.29, 1.82) is 0 Å². The Labute approximate surface area is 162 Å². The van der Waals surface area contributed by atoms with E-state index in [1.54, 1.807) is 48.5 Å². The Kier molecular flexibility index (Phi) is 6.41. The summed E-state index contributed by atoms with van der Waals surface area (Å²) in [6.07, 6.45) is 1.39. The Bertz CT molecular complexity index is 985. The van der Waals surface area contributed by atoms with Gasteiger partial charge in [0.15, 0.2) is 0 Å². The molecule has 3 aromatic rings. The zero-order valence-electron chi connectivity index (χ0n) is 14.9. The summed E-state index contributed by atoms with van der Waals surface area (Å²) in [5, 5.41) is 8.12. The van der Waals surface area contributed by atoms with Gasteiger partial charge in [0.2, 0.25) is 0 Å². The molecule has 138 valence electrons. The van der Waals surface area contributed by atoms with Gasteiger partial charge in [-0.15, -0.1) is 0 Å². The minimum Gasteiger partial charge on any atom is -0.267 e. The monoisotopic (exact) mass is 370 g/mol. The van der Waals surface area contributed by atoms with Crippen molar-refractivity contribution in [3.8, 4) is 0 Å². The van der Waals surface area contributed by atoms with E-state index in [9.17, 15) is 9.59 Å². The van der Waals surface area contributed by atoms with E-state index in [0.717, 1.165) is 5.56 Å². The van der Waals surface area contributed by atoms with E-state index in [2.05, 4.69) is 21.1 Å². The molecule has 28 heavy (non-hydrogen) atoms. The second-order valence-corrected chi connectivity index (χ2v) is 5.74. The van der Waals surface area contributed by atoms with Crippen molar-refractivity contribution in [1.82, 2.24) is 10.9 Å². The molecule has 0 bridgehead atoms. The quantitative estimate of drug-likeness (QED) is 0.516. The number of carbonyl (C=O) groups is 2. The van der Waals surface area contributed by atoms with Crippen molar-refractivity contribution in [2.75, 3.05) is 0 Å². The maximum atomic E-state index is 12.2. The number of hydrogen-bond acceptors (Lipinski definition) is 4. The van der Waals surface area contributed by atoms with Gasteiger partial charge in [-0.2, -0.15) is 10.2 Å². The molecule has 6 heteroatoms. The summed E-state index contributed by atoms with van der Waals surface area (Å²) < 4.78 is 0. The Balaban J connectivity index is 1.74. The molecule has 2 N–H and O–H groups in total. The van der Waals surface area contributed by atoms with Crippen LogP contribution in [0.4, 0.5) is 0 Å². The summed E-state index contributed by atoms with van der Waals surface area (Å²) in [6, 6.07) is 26.8. The molecule has 0 aliphatic carbocycles. The SMILES string of the molecule is O=C(N/N=C(\C=N\NC(=O)c1ccccc1)c1ccccc1)c1ccccc1. The largest absolute Gasteiger partial charge is 0.271 e. The lowest BCUT2D eigenvalue weighted by molar-refractivity contribution is 0.0946. The number of nitrogens with one attached hydrogen (secondary N) is 2. The van der Waals surface area contributed by atoms with Crippen LogP contribution < -0.4 is 10.9 Å². The van der Waals surface area contributed by atoms with Crippen LogP contribution in [-0.2, 0) is 0 Å². The summed E-state index contributed by atoms with van der Waals surface area (Å²) in [5.74, 6) is -0.673. The third-order valence-corrected chi connectivity index (χ3v) is 3.77. The van der Waals surface area contributed by atoms with Gasteiger partial charge in [0.25, 0.3) is 11.8 Å². The van der Waals surface area contributed by atoms with E-state index in [1.807, 2.05) is 42.5 Å². The summed E-state index contributed by atoms with van der Waals surface area (Å²) in [6.45, 7) is 0. The molecule has 6 nitrogen and oxygen atoms in total. The highest BCUT2D eigenvalue weighted by Crippen LogP contribution is 2.02. The highest BCUT2D eigenvalue weighted by Gasteiger charge is 2.06. The predicted molar refractivity (Wildman–Crippen MR) is 109 cm³/mol. The number of rotatable bonds is 6. The number of hydrogen-bond donors (Lipinski definition) is 2. The molecule has 0 aliphatic rings. The molecule has 0 fully saturated rings. The third kappa shape index (κ3) is 5.22. The summed E-state index contributed by atoms with van der Waals surface area (Å²) in [4.78, 5) is 24.3. The van der Waals surface area contributed by atoms with Gasteiger partial charge in [0.05, 0.1) is 6.21 Å². The molecule has 3 aromatic carbocycles. The predicted octanol–water partition coefficient (Wildman–Crippen LogP) is 3.24. The Morgan fingerprint density at radius 3 is 1.54 bits per heavy atom. The smallest absolute Gasteiger partial charge is 0.267 e. The zero-order chi connectivity index (χ0) is 19.6. The van der Waals surface area contributed by atoms with Crippen LogP contribution in [0.15, 0.2) is 101 Å². The molecule has 0 saturated carbocycles. The van der Waals surface area contributed by atoms with Gasteiger partial charge in [0.1, 0.15) is 5.71 Å². The number of hydrazone groups is 2. The first kappa shape index (κ1) is 18.7. The van der Waals surface area contributed by atoms with E-state index in [1.165, 1.54) is 6.21 Å².